The van der Waals surface area contributed by atoms with Gasteiger partial charge in [0, 0.05) is 26.2 Å². The molecule has 1 aromatic rings. The van der Waals surface area contributed by atoms with Crippen molar-refractivity contribution in [2.45, 2.75) is 78.0 Å². The van der Waals surface area contributed by atoms with E-state index in [0.29, 0.717) is 39.0 Å². The standard InChI is InChI=1S/C20H36N2O4/c1-13(23)5-18-7-17(9-21)8-19(20(18)6-14(2)24)12-22(10-15(3)25)11-16(4)26/h7-8,13-16,23-26H,5-6,9-12,21H2,1-4H3. The predicted octanol–water partition coefficient (Wildman–Crippen LogP) is 0.556. The molecule has 1 rings (SSSR count). The van der Waals surface area contributed by atoms with Gasteiger partial charge in [-0.25, -0.2) is 0 Å². The molecule has 0 aromatic heterocycles. The molecule has 0 spiro atoms. The minimum absolute atomic E-state index is 0.390. The number of aliphatic hydroxyl groups is 4. The maximum atomic E-state index is 9.96. The second-order valence-electron chi connectivity index (χ2n) is 7.60. The Balaban J connectivity index is 3.29. The lowest BCUT2D eigenvalue weighted by Crippen LogP contribution is -2.36. The van der Waals surface area contributed by atoms with E-state index in [4.69, 9.17) is 5.73 Å². The minimum Gasteiger partial charge on any atom is -0.393 e. The molecule has 0 heterocycles. The van der Waals surface area contributed by atoms with Crippen LogP contribution in [0.3, 0.4) is 0 Å². The maximum absolute atomic E-state index is 9.96. The number of nitrogens with two attached hydrogens (primary N) is 1. The van der Waals surface area contributed by atoms with Crippen LogP contribution < -0.4 is 5.73 Å². The number of benzene rings is 1. The van der Waals surface area contributed by atoms with Crippen molar-refractivity contribution >= 4 is 0 Å². The molecule has 0 aliphatic carbocycles. The van der Waals surface area contributed by atoms with Gasteiger partial charge >= 0.3 is 0 Å². The average Bonchev–Trinajstić information content (AvgIpc) is 2.47. The Bertz CT molecular complexity index is 535. The first kappa shape index (κ1) is 23.0. The van der Waals surface area contributed by atoms with Crippen LogP contribution in [0.1, 0.15) is 49.9 Å². The van der Waals surface area contributed by atoms with E-state index < -0.39 is 24.4 Å². The van der Waals surface area contributed by atoms with Gasteiger partial charge < -0.3 is 26.2 Å². The summed E-state index contributed by atoms with van der Waals surface area (Å²) < 4.78 is 0. The van der Waals surface area contributed by atoms with Gasteiger partial charge in [-0.05, 0) is 62.8 Å². The minimum atomic E-state index is -0.511. The zero-order chi connectivity index (χ0) is 19.9. The fraction of sp³-hybridized carbons (Fsp3) is 0.700. The van der Waals surface area contributed by atoms with Crippen LogP contribution in [0.25, 0.3) is 0 Å². The molecular weight excluding hydrogens is 332 g/mol. The molecule has 4 atom stereocenters. The SMILES string of the molecule is CC(O)Cc1cc(CN)cc(CN(CC(C)O)CC(C)O)c1CC(C)O. The van der Waals surface area contributed by atoms with Gasteiger partial charge in [0.15, 0.2) is 0 Å². The summed E-state index contributed by atoms with van der Waals surface area (Å²) in [7, 11) is 0. The zero-order valence-electron chi connectivity index (χ0n) is 16.5. The molecule has 26 heavy (non-hydrogen) atoms. The lowest BCUT2D eigenvalue weighted by Gasteiger charge is -2.28. The number of hydrogen-bond donors (Lipinski definition) is 5. The molecule has 1 aromatic carbocycles. The van der Waals surface area contributed by atoms with Crippen molar-refractivity contribution in [2.24, 2.45) is 5.73 Å². The van der Waals surface area contributed by atoms with E-state index in [-0.39, 0.29) is 0 Å². The summed E-state index contributed by atoms with van der Waals surface area (Å²) in [6, 6.07) is 4.03. The normalized spacial score (nSPS) is 16.5. The lowest BCUT2D eigenvalue weighted by molar-refractivity contribution is 0.0790. The van der Waals surface area contributed by atoms with E-state index in [1.165, 1.54) is 0 Å². The van der Waals surface area contributed by atoms with Gasteiger partial charge in [0.05, 0.1) is 24.4 Å². The zero-order valence-corrected chi connectivity index (χ0v) is 16.5. The van der Waals surface area contributed by atoms with Gasteiger partial charge in [0.1, 0.15) is 0 Å². The molecule has 0 amide bonds. The molecule has 0 aliphatic heterocycles. The maximum Gasteiger partial charge on any atom is 0.0639 e. The van der Waals surface area contributed by atoms with Crippen LogP contribution in [0.2, 0.25) is 0 Å². The highest BCUT2D eigenvalue weighted by atomic mass is 16.3. The van der Waals surface area contributed by atoms with Gasteiger partial charge in [0.25, 0.3) is 0 Å². The van der Waals surface area contributed by atoms with Crippen molar-refractivity contribution in [2.75, 3.05) is 13.1 Å². The molecule has 0 saturated carbocycles. The highest BCUT2D eigenvalue weighted by Gasteiger charge is 2.18. The predicted molar refractivity (Wildman–Crippen MR) is 104 cm³/mol. The van der Waals surface area contributed by atoms with E-state index in [1.54, 1.807) is 27.7 Å². The third kappa shape index (κ3) is 8.12. The first-order valence-electron chi connectivity index (χ1n) is 9.40. The van der Waals surface area contributed by atoms with Gasteiger partial charge in [-0.15, -0.1) is 0 Å². The monoisotopic (exact) mass is 368 g/mol. The molecule has 0 radical (unpaired) electrons. The van der Waals surface area contributed by atoms with Crippen LogP contribution in [0.15, 0.2) is 12.1 Å². The Hall–Kier alpha value is -1.02. The van der Waals surface area contributed by atoms with Crippen molar-refractivity contribution in [3.8, 4) is 0 Å². The Morgan fingerprint density at radius 1 is 0.808 bits per heavy atom. The van der Waals surface area contributed by atoms with Crippen molar-refractivity contribution in [1.82, 2.24) is 4.90 Å². The second kappa shape index (κ2) is 11.0. The summed E-state index contributed by atoms with van der Waals surface area (Å²) in [5.74, 6) is 0. The summed E-state index contributed by atoms with van der Waals surface area (Å²) >= 11 is 0. The van der Waals surface area contributed by atoms with Crippen molar-refractivity contribution in [3.05, 3.63) is 34.4 Å². The van der Waals surface area contributed by atoms with Crippen LogP contribution in [-0.4, -0.2) is 62.8 Å². The highest BCUT2D eigenvalue weighted by molar-refractivity contribution is 5.40. The molecule has 0 saturated heterocycles. The molecule has 4 unspecified atom stereocenters. The van der Waals surface area contributed by atoms with E-state index in [0.717, 1.165) is 22.3 Å². The first-order chi connectivity index (χ1) is 12.1. The van der Waals surface area contributed by atoms with E-state index in [2.05, 4.69) is 0 Å². The van der Waals surface area contributed by atoms with Gasteiger partial charge in [0.2, 0.25) is 0 Å². The number of nitrogens with zero attached hydrogens (tertiary/aromatic N) is 1. The van der Waals surface area contributed by atoms with Crippen molar-refractivity contribution in [3.63, 3.8) is 0 Å². The number of hydrogen-bond acceptors (Lipinski definition) is 6. The summed E-state index contributed by atoms with van der Waals surface area (Å²) in [4.78, 5) is 2.00. The van der Waals surface area contributed by atoms with Crippen LogP contribution in [-0.2, 0) is 25.9 Å². The fourth-order valence-corrected chi connectivity index (χ4v) is 3.38. The van der Waals surface area contributed by atoms with Crippen molar-refractivity contribution < 1.29 is 20.4 Å². The first-order valence-corrected chi connectivity index (χ1v) is 9.40. The lowest BCUT2D eigenvalue weighted by atomic mass is 9.90. The van der Waals surface area contributed by atoms with Crippen LogP contribution in [0.4, 0.5) is 0 Å². The number of rotatable bonds is 11. The molecule has 6 heteroatoms. The summed E-state index contributed by atoms with van der Waals surface area (Å²) in [5.41, 5.74) is 9.85. The Labute approximate surface area is 157 Å². The van der Waals surface area contributed by atoms with E-state index in [9.17, 15) is 20.4 Å². The van der Waals surface area contributed by atoms with Gasteiger partial charge in [-0.3, -0.25) is 4.90 Å². The third-order valence-electron chi connectivity index (χ3n) is 4.18. The summed E-state index contributed by atoms with van der Waals surface area (Å²) in [6.07, 6.45) is -1.04. The van der Waals surface area contributed by atoms with Crippen molar-refractivity contribution in [1.29, 1.82) is 0 Å². The average molecular weight is 369 g/mol. The van der Waals surface area contributed by atoms with Crippen LogP contribution >= 0.6 is 0 Å². The molecule has 6 nitrogen and oxygen atoms in total. The topological polar surface area (TPSA) is 110 Å². The Morgan fingerprint density at radius 2 is 1.31 bits per heavy atom. The smallest absolute Gasteiger partial charge is 0.0639 e. The molecule has 6 N–H and O–H groups in total. The summed E-state index contributed by atoms with van der Waals surface area (Å²) in [5, 5.41) is 39.4. The van der Waals surface area contributed by atoms with Gasteiger partial charge in [-0.2, -0.15) is 0 Å². The highest BCUT2D eigenvalue weighted by Crippen LogP contribution is 2.23. The third-order valence-corrected chi connectivity index (χ3v) is 4.18. The van der Waals surface area contributed by atoms with Gasteiger partial charge in [-0.1, -0.05) is 12.1 Å². The molecule has 150 valence electrons. The van der Waals surface area contributed by atoms with Crippen LogP contribution in [0, 0.1) is 0 Å². The molecule has 0 bridgehead atoms. The Morgan fingerprint density at radius 3 is 1.73 bits per heavy atom. The van der Waals surface area contributed by atoms with E-state index >= 15 is 0 Å². The van der Waals surface area contributed by atoms with Crippen LogP contribution in [0.5, 0.6) is 0 Å². The largest absolute Gasteiger partial charge is 0.393 e. The molecular formula is C20H36N2O4. The number of aliphatic hydroxyl groups excluding tert-OH is 4. The molecule has 0 aliphatic rings. The fourth-order valence-electron chi connectivity index (χ4n) is 3.38. The molecule has 0 fully saturated rings. The second-order valence-corrected chi connectivity index (χ2v) is 7.60. The Kier molecular flexibility index (Phi) is 9.71. The van der Waals surface area contributed by atoms with E-state index in [1.807, 2.05) is 17.0 Å². The summed E-state index contributed by atoms with van der Waals surface area (Å²) in [6.45, 7) is 8.75. The quantitative estimate of drug-likeness (QED) is 0.390.